The Morgan fingerprint density at radius 3 is 2.65 bits per heavy atom. The van der Waals surface area contributed by atoms with E-state index in [1.807, 2.05) is 6.92 Å². The maximum atomic E-state index is 13.0. The average Bonchev–Trinajstić information content (AvgIpc) is 2.91. The van der Waals surface area contributed by atoms with Gasteiger partial charge in [0.05, 0.1) is 16.6 Å². The molecule has 0 unspecified atom stereocenters. The normalized spacial score (nSPS) is 17.3. The highest BCUT2D eigenvalue weighted by Gasteiger charge is 2.32. The molecule has 5 nitrogen and oxygen atoms in total. The van der Waals surface area contributed by atoms with E-state index in [1.54, 1.807) is 30.3 Å². The maximum absolute atomic E-state index is 13.0. The smallest absolute Gasteiger partial charge is 0.266 e. The molecule has 1 heterocycles. The van der Waals surface area contributed by atoms with Gasteiger partial charge >= 0.3 is 0 Å². The van der Waals surface area contributed by atoms with Crippen molar-refractivity contribution in [3.8, 4) is 0 Å². The number of aliphatic imine (C=N–C) groups is 1. The van der Waals surface area contributed by atoms with Crippen LogP contribution in [0.5, 0.6) is 0 Å². The van der Waals surface area contributed by atoms with Gasteiger partial charge in [0.15, 0.2) is 5.17 Å². The zero-order chi connectivity index (χ0) is 18.7. The van der Waals surface area contributed by atoms with Gasteiger partial charge in [-0.1, -0.05) is 24.3 Å². The van der Waals surface area contributed by atoms with Crippen LogP contribution in [0.1, 0.15) is 22.8 Å². The van der Waals surface area contributed by atoms with Crippen LogP contribution in [0.2, 0.25) is 0 Å². The fraction of sp³-hybridized carbons (Fsp3) is 0.105. The van der Waals surface area contributed by atoms with Gasteiger partial charge < -0.3 is 9.90 Å². The van der Waals surface area contributed by atoms with Crippen LogP contribution in [0.4, 0.5) is 10.1 Å². The van der Waals surface area contributed by atoms with E-state index in [0.29, 0.717) is 27.9 Å². The molecule has 1 amide bonds. The summed E-state index contributed by atoms with van der Waals surface area (Å²) in [6, 6.07) is 11.9. The molecule has 2 aromatic rings. The molecule has 0 bridgehead atoms. The Bertz CT molecular complexity index is 923. The molecule has 1 saturated heterocycles. The van der Waals surface area contributed by atoms with Gasteiger partial charge in [-0.15, -0.1) is 0 Å². The van der Waals surface area contributed by atoms with Crippen molar-refractivity contribution >= 4 is 40.6 Å². The number of carboxylic acid groups (broad SMARTS) is 1. The molecule has 0 aliphatic carbocycles. The van der Waals surface area contributed by atoms with E-state index in [1.165, 1.54) is 40.9 Å². The first-order valence-electron chi connectivity index (χ1n) is 7.85. The van der Waals surface area contributed by atoms with Gasteiger partial charge in [0.1, 0.15) is 5.82 Å². The highest BCUT2D eigenvalue weighted by atomic mass is 32.2. The molecule has 1 aliphatic heterocycles. The van der Waals surface area contributed by atoms with Crippen molar-refractivity contribution in [2.45, 2.75) is 6.92 Å². The fourth-order valence-corrected chi connectivity index (χ4v) is 3.46. The van der Waals surface area contributed by atoms with E-state index in [0.717, 1.165) is 0 Å². The number of aromatic carboxylic acids is 1. The van der Waals surface area contributed by atoms with Crippen molar-refractivity contribution in [2.75, 3.05) is 6.54 Å². The van der Waals surface area contributed by atoms with Crippen LogP contribution in [0.3, 0.4) is 0 Å². The molecule has 2 aromatic carbocycles. The Morgan fingerprint density at radius 1 is 1.27 bits per heavy atom. The molecule has 0 spiro atoms. The second-order valence-electron chi connectivity index (χ2n) is 5.44. The summed E-state index contributed by atoms with van der Waals surface area (Å²) in [6.07, 6.45) is 1.68. The summed E-state index contributed by atoms with van der Waals surface area (Å²) in [6.45, 7) is 2.25. The molecule has 0 saturated carbocycles. The van der Waals surface area contributed by atoms with Crippen LogP contribution in [0.25, 0.3) is 6.08 Å². The third-order valence-electron chi connectivity index (χ3n) is 3.68. The van der Waals surface area contributed by atoms with E-state index in [9.17, 15) is 19.1 Å². The lowest BCUT2D eigenvalue weighted by molar-refractivity contribution is -0.255. The predicted octanol–water partition coefficient (Wildman–Crippen LogP) is 2.81. The molecule has 0 radical (unpaired) electrons. The highest BCUT2D eigenvalue weighted by molar-refractivity contribution is 8.18. The van der Waals surface area contributed by atoms with Crippen molar-refractivity contribution in [1.82, 2.24) is 4.90 Å². The average molecular weight is 369 g/mol. The molecule has 26 heavy (non-hydrogen) atoms. The van der Waals surface area contributed by atoms with Gasteiger partial charge in [-0.05, 0) is 60.2 Å². The van der Waals surface area contributed by atoms with Gasteiger partial charge in [0.25, 0.3) is 5.91 Å². The van der Waals surface area contributed by atoms with E-state index >= 15 is 0 Å². The number of rotatable bonds is 4. The molecular formula is C19H14FN2O3S-. The lowest BCUT2D eigenvalue weighted by Crippen LogP contribution is -2.28. The fourth-order valence-electron chi connectivity index (χ4n) is 2.39. The summed E-state index contributed by atoms with van der Waals surface area (Å²) in [7, 11) is 0. The third-order valence-corrected chi connectivity index (χ3v) is 4.69. The van der Waals surface area contributed by atoms with E-state index in [2.05, 4.69) is 4.99 Å². The molecule has 0 N–H and O–H groups in total. The number of carboxylic acids is 1. The summed E-state index contributed by atoms with van der Waals surface area (Å²) in [5.74, 6) is -1.83. The SMILES string of the molecule is CCN1C(=O)/C(=C/c2ccc(F)cc2)SC1=Nc1cccc(C(=O)[O-])c1. The minimum Gasteiger partial charge on any atom is -0.545 e. The quantitative estimate of drug-likeness (QED) is 0.777. The van der Waals surface area contributed by atoms with E-state index in [-0.39, 0.29) is 17.3 Å². The van der Waals surface area contributed by atoms with Crippen molar-refractivity contribution in [3.05, 3.63) is 70.4 Å². The molecule has 0 aromatic heterocycles. The zero-order valence-corrected chi connectivity index (χ0v) is 14.6. The first-order valence-corrected chi connectivity index (χ1v) is 8.66. The van der Waals surface area contributed by atoms with Crippen LogP contribution in [0.15, 0.2) is 58.4 Å². The lowest BCUT2D eigenvalue weighted by Gasteiger charge is -2.12. The van der Waals surface area contributed by atoms with E-state index in [4.69, 9.17) is 0 Å². The number of benzene rings is 2. The van der Waals surface area contributed by atoms with Gasteiger partial charge in [0.2, 0.25) is 0 Å². The molecule has 132 valence electrons. The molecular weight excluding hydrogens is 355 g/mol. The Balaban J connectivity index is 1.93. The van der Waals surface area contributed by atoms with Crippen molar-refractivity contribution in [3.63, 3.8) is 0 Å². The standard InChI is InChI=1S/C19H15FN2O3S/c1-2-22-17(23)16(10-12-6-8-14(20)9-7-12)26-19(22)21-15-5-3-4-13(11-15)18(24)25/h3-11H,2H2,1H3,(H,24,25)/p-1/b16-10-,21-19?. The van der Waals surface area contributed by atoms with Crippen molar-refractivity contribution in [1.29, 1.82) is 0 Å². The number of amidine groups is 1. The number of halogens is 1. The van der Waals surface area contributed by atoms with Gasteiger partial charge in [-0.3, -0.25) is 9.69 Å². The Labute approximate surface area is 153 Å². The topological polar surface area (TPSA) is 72.8 Å². The summed E-state index contributed by atoms with van der Waals surface area (Å²) in [5.41, 5.74) is 1.15. The second kappa shape index (κ2) is 7.53. The molecule has 7 heteroatoms. The summed E-state index contributed by atoms with van der Waals surface area (Å²) in [4.78, 5) is 29.9. The zero-order valence-electron chi connectivity index (χ0n) is 13.8. The second-order valence-corrected chi connectivity index (χ2v) is 6.45. The first kappa shape index (κ1) is 17.9. The number of likely N-dealkylation sites (N-methyl/N-ethyl adjacent to an activating group) is 1. The Hall–Kier alpha value is -2.93. The third kappa shape index (κ3) is 3.83. The molecule has 0 atom stereocenters. The largest absolute Gasteiger partial charge is 0.545 e. The van der Waals surface area contributed by atoms with Crippen molar-refractivity contribution < 1.29 is 19.1 Å². The predicted molar refractivity (Wildman–Crippen MR) is 97.2 cm³/mol. The monoisotopic (exact) mass is 369 g/mol. The highest BCUT2D eigenvalue weighted by Crippen LogP contribution is 2.34. The maximum Gasteiger partial charge on any atom is 0.266 e. The number of hydrogen-bond donors (Lipinski definition) is 0. The molecule has 3 rings (SSSR count). The number of amides is 1. The Morgan fingerprint density at radius 2 is 2.00 bits per heavy atom. The molecule has 1 aliphatic rings. The first-order chi connectivity index (χ1) is 12.5. The summed E-state index contributed by atoms with van der Waals surface area (Å²) < 4.78 is 13.0. The van der Waals surface area contributed by atoms with Crippen LogP contribution in [-0.4, -0.2) is 28.5 Å². The number of carbonyl (C=O) groups excluding carboxylic acids is 2. The summed E-state index contributed by atoms with van der Waals surface area (Å²) in [5, 5.41) is 11.4. The van der Waals surface area contributed by atoms with Gasteiger partial charge in [-0.2, -0.15) is 0 Å². The number of nitrogens with zero attached hydrogens (tertiary/aromatic N) is 2. The minimum atomic E-state index is -1.29. The Kier molecular flexibility index (Phi) is 5.18. The van der Waals surface area contributed by atoms with Crippen LogP contribution >= 0.6 is 11.8 Å². The summed E-state index contributed by atoms with van der Waals surface area (Å²) >= 11 is 1.19. The number of carbonyl (C=O) groups is 2. The van der Waals surface area contributed by atoms with Crippen LogP contribution in [0, 0.1) is 5.82 Å². The van der Waals surface area contributed by atoms with Gasteiger partial charge in [-0.25, -0.2) is 9.38 Å². The minimum absolute atomic E-state index is 0.0197. The number of hydrogen-bond acceptors (Lipinski definition) is 5. The number of thioether (sulfide) groups is 1. The lowest BCUT2D eigenvalue weighted by atomic mass is 10.2. The van der Waals surface area contributed by atoms with Gasteiger partial charge in [0, 0.05) is 6.54 Å². The van der Waals surface area contributed by atoms with Crippen LogP contribution in [-0.2, 0) is 4.79 Å². The van der Waals surface area contributed by atoms with E-state index < -0.39 is 5.97 Å². The van der Waals surface area contributed by atoms with Crippen molar-refractivity contribution in [2.24, 2.45) is 4.99 Å². The molecule has 1 fully saturated rings. The van der Waals surface area contributed by atoms with Crippen LogP contribution < -0.4 is 5.11 Å².